The molecule has 0 fully saturated rings. The van der Waals surface area contributed by atoms with Gasteiger partial charge in [0.25, 0.3) is 5.56 Å². The maximum Gasteiger partial charge on any atom is 0.262 e. The van der Waals surface area contributed by atoms with Gasteiger partial charge in [-0.1, -0.05) is 84.6 Å². The number of thioether (sulfide) groups is 1. The Morgan fingerprint density at radius 2 is 1.56 bits per heavy atom. The average molecular weight is 496 g/mol. The Morgan fingerprint density at radius 1 is 0.917 bits per heavy atom. The highest BCUT2D eigenvalue weighted by Gasteiger charge is 2.24. The molecular formula is C29H25N3O3S. The summed E-state index contributed by atoms with van der Waals surface area (Å²) >= 11 is 1.26. The number of carbonyl (C=O) groups excluding carboxylic acids is 1. The zero-order chi connectivity index (χ0) is 24.9. The summed E-state index contributed by atoms with van der Waals surface area (Å²) in [6.45, 7) is 0.243. The minimum absolute atomic E-state index is 0.0651. The van der Waals surface area contributed by atoms with Gasteiger partial charge in [0.15, 0.2) is 5.16 Å². The van der Waals surface area contributed by atoms with Crippen molar-refractivity contribution in [3.05, 3.63) is 131 Å². The van der Waals surface area contributed by atoms with Gasteiger partial charge in [0.2, 0.25) is 5.91 Å². The molecule has 180 valence electrons. The molecule has 0 spiro atoms. The van der Waals surface area contributed by atoms with Gasteiger partial charge < -0.3 is 9.32 Å². The van der Waals surface area contributed by atoms with Crippen LogP contribution < -0.4 is 5.56 Å². The fourth-order valence-corrected chi connectivity index (χ4v) is 5.16. The Morgan fingerprint density at radius 3 is 2.19 bits per heavy atom. The molecule has 0 saturated carbocycles. The summed E-state index contributed by atoms with van der Waals surface area (Å²) in [5, 5.41) is 1.01. The third-order valence-electron chi connectivity index (χ3n) is 6.06. The highest BCUT2D eigenvalue weighted by molar-refractivity contribution is 7.99. The van der Waals surface area contributed by atoms with Crippen molar-refractivity contribution < 1.29 is 9.21 Å². The number of hydrogen-bond donors (Lipinski definition) is 0. The number of benzene rings is 3. The number of nitrogens with zero attached hydrogens (tertiary/aromatic N) is 3. The van der Waals surface area contributed by atoms with E-state index in [4.69, 9.17) is 9.40 Å². The Kier molecular flexibility index (Phi) is 7.00. The number of para-hydroxylation sites is 1. The quantitative estimate of drug-likeness (QED) is 0.214. The average Bonchev–Trinajstić information content (AvgIpc) is 3.44. The van der Waals surface area contributed by atoms with Gasteiger partial charge in [-0.3, -0.25) is 14.2 Å². The van der Waals surface area contributed by atoms with Crippen LogP contribution in [0, 0.1) is 0 Å². The van der Waals surface area contributed by atoms with Crippen LogP contribution in [-0.4, -0.2) is 33.2 Å². The second kappa shape index (κ2) is 10.7. The lowest BCUT2D eigenvalue weighted by Crippen LogP contribution is -2.33. The SMILES string of the molecule is CN(C(=O)CSc1nc2ccccc2c(=O)n1Cc1ccco1)C(c1ccccc1)c1ccccc1. The monoisotopic (exact) mass is 495 g/mol. The molecule has 0 aliphatic heterocycles. The van der Waals surface area contributed by atoms with Gasteiger partial charge >= 0.3 is 0 Å². The van der Waals surface area contributed by atoms with Crippen LogP contribution >= 0.6 is 11.8 Å². The van der Waals surface area contributed by atoms with Crippen molar-refractivity contribution in [3.63, 3.8) is 0 Å². The highest BCUT2D eigenvalue weighted by Crippen LogP contribution is 2.29. The first-order valence-corrected chi connectivity index (χ1v) is 12.6. The molecule has 5 aromatic rings. The van der Waals surface area contributed by atoms with Crippen molar-refractivity contribution in [1.82, 2.24) is 14.5 Å². The van der Waals surface area contributed by atoms with Crippen LogP contribution in [0.2, 0.25) is 0 Å². The number of carbonyl (C=O) groups is 1. The molecule has 7 heteroatoms. The summed E-state index contributed by atoms with van der Waals surface area (Å²) in [6, 6.07) is 30.6. The van der Waals surface area contributed by atoms with Gasteiger partial charge in [-0.25, -0.2) is 4.98 Å². The van der Waals surface area contributed by atoms with Crippen LogP contribution in [0.5, 0.6) is 0 Å². The number of fused-ring (bicyclic) bond motifs is 1. The van der Waals surface area contributed by atoms with Gasteiger partial charge in [0.05, 0.1) is 35.5 Å². The molecule has 0 aliphatic carbocycles. The third kappa shape index (κ3) is 4.97. The fraction of sp³-hybridized carbons (Fsp3) is 0.138. The van der Waals surface area contributed by atoms with Gasteiger partial charge in [-0.15, -0.1) is 0 Å². The van der Waals surface area contributed by atoms with Crippen LogP contribution in [0.3, 0.4) is 0 Å². The molecule has 2 aromatic heterocycles. The van der Waals surface area contributed by atoms with E-state index in [1.54, 1.807) is 27.9 Å². The van der Waals surface area contributed by atoms with Crippen molar-refractivity contribution in [2.24, 2.45) is 0 Å². The molecule has 6 nitrogen and oxygen atoms in total. The lowest BCUT2D eigenvalue weighted by molar-refractivity contribution is -0.128. The maximum atomic E-state index is 13.5. The second-order valence-corrected chi connectivity index (χ2v) is 9.34. The molecular weight excluding hydrogens is 470 g/mol. The molecule has 0 saturated heterocycles. The zero-order valence-corrected chi connectivity index (χ0v) is 20.6. The van der Waals surface area contributed by atoms with Crippen LogP contribution in [0.15, 0.2) is 118 Å². The molecule has 0 atom stereocenters. The van der Waals surface area contributed by atoms with Crippen LogP contribution in [0.4, 0.5) is 0 Å². The molecule has 5 rings (SSSR count). The zero-order valence-electron chi connectivity index (χ0n) is 19.8. The topological polar surface area (TPSA) is 68.3 Å². The first-order chi connectivity index (χ1) is 17.6. The molecule has 3 aromatic carbocycles. The van der Waals surface area contributed by atoms with Crippen LogP contribution in [-0.2, 0) is 11.3 Å². The van der Waals surface area contributed by atoms with E-state index in [2.05, 4.69) is 0 Å². The van der Waals surface area contributed by atoms with Crippen molar-refractivity contribution in [2.45, 2.75) is 17.7 Å². The molecule has 0 unspecified atom stereocenters. The second-order valence-electron chi connectivity index (χ2n) is 8.40. The van der Waals surface area contributed by atoms with E-state index >= 15 is 0 Å². The van der Waals surface area contributed by atoms with E-state index in [0.717, 1.165) is 11.1 Å². The number of aromatic nitrogens is 2. The number of hydrogen-bond acceptors (Lipinski definition) is 5. The predicted octanol–water partition coefficient (Wildman–Crippen LogP) is 5.38. The molecule has 0 aliphatic rings. The molecule has 0 radical (unpaired) electrons. The Bertz CT molecular complexity index is 1480. The van der Waals surface area contributed by atoms with Gasteiger partial charge in [0, 0.05) is 7.05 Å². The van der Waals surface area contributed by atoms with E-state index in [0.29, 0.717) is 21.8 Å². The van der Waals surface area contributed by atoms with Gasteiger partial charge in [-0.2, -0.15) is 0 Å². The smallest absolute Gasteiger partial charge is 0.262 e. The van der Waals surface area contributed by atoms with Crippen molar-refractivity contribution in [1.29, 1.82) is 0 Å². The lowest BCUT2D eigenvalue weighted by atomic mass is 9.97. The molecule has 0 N–H and O–H groups in total. The fourth-order valence-electron chi connectivity index (χ4n) is 4.24. The molecule has 2 heterocycles. The van der Waals surface area contributed by atoms with E-state index in [1.807, 2.05) is 92.0 Å². The van der Waals surface area contributed by atoms with Gasteiger partial charge in [0.1, 0.15) is 5.76 Å². The largest absolute Gasteiger partial charge is 0.467 e. The lowest BCUT2D eigenvalue weighted by Gasteiger charge is -2.29. The summed E-state index contributed by atoms with van der Waals surface area (Å²) in [5.74, 6) is 0.715. The predicted molar refractivity (Wildman–Crippen MR) is 142 cm³/mol. The molecule has 1 amide bonds. The van der Waals surface area contributed by atoms with E-state index < -0.39 is 0 Å². The van der Waals surface area contributed by atoms with Crippen molar-refractivity contribution in [2.75, 3.05) is 12.8 Å². The Balaban J connectivity index is 1.44. The highest BCUT2D eigenvalue weighted by atomic mass is 32.2. The maximum absolute atomic E-state index is 13.5. The minimum Gasteiger partial charge on any atom is -0.467 e. The van der Waals surface area contributed by atoms with E-state index in [1.165, 1.54) is 11.8 Å². The van der Waals surface area contributed by atoms with Crippen molar-refractivity contribution in [3.8, 4) is 0 Å². The first kappa shape index (κ1) is 23.6. The first-order valence-electron chi connectivity index (χ1n) is 11.6. The summed E-state index contributed by atoms with van der Waals surface area (Å²) in [5.41, 5.74) is 2.51. The summed E-state index contributed by atoms with van der Waals surface area (Å²) < 4.78 is 7.06. The number of furan rings is 1. The van der Waals surface area contributed by atoms with Gasteiger partial charge in [-0.05, 0) is 35.4 Å². The van der Waals surface area contributed by atoms with E-state index in [9.17, 15) is 9.59 Å². The minimum atomic E-state index is -0.227. The van der Waals surface area contributed by atoms with Crippen LogP contribution in [0.1, 0.15) is 22.9 Å². The molecule has 36 heavy (non-hydrogen) atoms. The summed E-state index contributed by atoms with van der Waals surface area (Å²) in [6.07, 6.45) is 1.58. The third-order valence-corrected chi connectivity index (χ3v) is 7.02. The Hall–Kier alpha value is -4.10. The normalized spacial score (nSPS) is 11.2. The number of amides is 1. The summed E-state index contributed by atoms with van der Waals surface area (Å²) in [4.78, 5) is 33.2. The van der Waals surface area contributed by atoms with E-state index in [-0.39, 0.29) is 29.8 Å². The number of rotatable bonds is 8. The summed E-state index contributed by atoms with van der Waals surface area (Å²) in [7, 11) is 1.82. The standard InChI is InChI=1S/C29H25N3O3S/c1-31(27(21-11-4-2-5-12-21)22-13-6-3-7-14-22)26(33)20-36-29-30-25-17-9-8-16-24(25)28(34)32(29)19-23-15-10-18-35-23/h2-18,27H,19-20H2,1H3. The molecule has 0 bridgehead atoms. The van der Waals surface area contributed by atoms with Crippen molar-refractivity contribution >= 4 is 28.6 Å². The van der Waals surface area contributed by atoms with Crippen LogP contribution in [0.25, 0.3) is 10.9 Å². The Labute approximate surface area is 213 Å².